The first-order chi connectivity index (χ1) is 7.27. The fraction of sp³-hybridized carbons (Fsp3) is 0. The van der Waals surface area contributed by atoms with Crippen LogP contribution in [0.3, 0.4) is 0 Å². The van der Waals surface area contributed by atoms with Crippen LogP contribution in [0.15, 0.2) is 36.4 Å². The summed E-state index contributed by atoms with van der Waals surface area (Å²) < 4.78 is 4.63. The minimum atomic E-state index is -0.565. The number of carbonyl (C=O) groups excluding carboxylic acids is 2. The Morgan fingerprint density at radius 2 is 1.31 bits per heavy atom. The fourth-order valence-electron chi connectivity index (χ4n) is 1.88. The standard InChI is InChI=1S/C12H6O3.Pb/c13-11-8-5-1-3-7-4-2-6-9(10(7)8)12(14)15-11;/h1-6H;. The van der Waals surface area contributed by atoms with Gasteiger partial charge in [-0.15, -0.1) is 0 Å². The van der Waals surface area contributed by atoms with E-state index in [1.807, 2.05) is 12.1 Å². The molecular weight excluding hydrogens is 399 g/mol. The van der Waals surface area contributed by atoms with Crippen LogP contribution in [-0.4, -0.2) is 39.2 Å². The molecule has 2 aromatic rings. The fourth-order valence-corrected chi connectivity index (χ4v) is 1.88. The third-order valence-electron chi connectivity index (χ3n) is 2.53. The maximum absolute atomic E-state index is 11.4. The molecule has 4 radical (unpaired) electrons. The molecule has 0 spiro atoms. The Bertz CT molecular complexity index is 555. The van der Waals surface area contributed by atoms with E-state index in [0.717, 1.165) is 5.39 Å². The van der Waals surface area contributed by atoms with E-state index >= 15 is 0 Å². The molecule has 0 saturated heterocycles. The predicted molar refractivity (Wildman–Crippen MR) is 59.4 cm³/mol. The summed E-state index contributed by atoms with van der Waals surface area (Å²) >= 11 is 0. The maximum atomic E-state index is 11.4. The molecule has 0 N–H and O–H groups in total. The van der Waals surface area contributed by atoms with E-state index in [9.17, 15) is 9.59 Å². The Kier molecular flexibility index (Phi) is 2.79. The first kappa shape index (κ1) is 11.3. The van der Waals surface area contributed by atoms with Gasteiger partial charge in [-0.2, -0.15) is 0 Å². The first-order valence-electron chi connectivity index (χ1n) is 4.55. The Morgan fingerprint density at radius 1 is 0.812 bits per heavy atom. The van der Waals surface area contributed by atoms with E-state index in [-0.39, 0.29) is 27.3 Å². The molecule has 3 nitrogen and oxygen atoms in total. The van der Waals surface area contributed by atoms with Crippen molar-refractivity contribution in [3.8, 4) is 0 Å². The molecule has 0 amide bonds. The van der Waals surface area contributed by atoms with E-state index in [1.165, 1.54) is 0 Å². The molecule has 3 rings (SSSR count). The normalized spacial score (nSPS) is 13.2. The molecule has 0 atom stereocenters. The third-order valence-corrected chi connectivity index (χ3v) is 2.53. The zero-order valence-electron chi connectivity index (χ0n) is 8.19. The van der Waals surface area contributed by atoms with Gasteiger partial charge in [0.15, 0.2) is 0 Å². The molecule has 0 saturated carbocycles. The minimum Gasteiger partial charge on any atom is -0.386 e. The van der Waals surface area contributed by atoms with E-state index in [4.69, 9.17) is 0 Å². The summed E-state index contributed by atoms with van der Waals surface area (Å²) in [7, 11) is 0. The van der Waals surface area contributed by atoms with Crippen molar-refractivity contribution in [3.05, 3.63) is 47.5 Å². The van der Waals surface area contributed by atoms with Gasteiger partial charge in [-0.05, 0) is 17.5 Å². The smallest absolute Gasteiger partial charge is 0.346 e. The van der Waals surface area contributed by atoms with Gasteiger partial charge in [-0.25, -0.2) is 9.59 Å². The Hall–Kier alpha value is -1.24. The number of hydrogen-bond donors (Lipinski definition) is 0. The van der Waals surface area contributed by atoms with Gasteiger partial charge in [0, 0.05) is 32.7 Å². The molecule has 0 fully saturated rings. The van der Waals surface area contributed by atoms with Crippen molar-refractivity contribution in [1.29, 1.82) is 0 Å². The van der Waals surface area contributed by atoms with Crippen LogP contribution in [0.2, 0.25) is 0 Å². The van der Waals surface area contributed by atoms with Crippen LogP contribution in [0, 0.1) is 0 Å². The molecule has 0 aliphatic carbocycles. The van der Waals surface area contributed by atoms with Gasteiger partial charge in [0.25, 0.3) is 0 Å². The Morgan fingerprint density at radius 3 is 1.81 bits per heavy atom. The second-order valence-electron chi connectivity index (χ2n) is 3.39. The van der Waals surface area contributed by atoms with Gasteiger partial charge in [0.2, 0.25) is 0 Å². The van der Waals surface area contributed by atoms with Crippen LogP contribution in [0.25, 0.3) is 10.8 Å². The van der Waals surface area contributed by atoms with Crippen LogP contribution in [0.4, 0.5) is 0 Å². The molecule has 16 heavy (non-hydrogen) atoms. The number of rotatable bonds is 0. The summed E-state index contributed by atoms with van der Waals surface area (Å²) in [4.78, 5) is 22.9. The zero-order chi connectivity index (χ0) is 10.4. The molecule has 0 unspecified atom stereocenters. The van der Waals surface area contributed by atoms with Gasteiger partial charge in [0.05, 0.1) is 11.1 Å². The second kappa shape index (κ2) is 3.97. The van der Waals surface area contributed by atoms with E-state index in [2.05, 4.69) is 4.74 Å². The van der Waals surface area contributed by atoms with Crippen molar-refractivity contribution in [2.24, 2.45) is 0 Å². The van der Waals surface area contributed by atoms with E-state index in [0.29, 0.717) is 16.5 Å². The van der Waals surface area contributed by atoms with Crippen molar-refractivity contribution >= 4 is 50.0 Å². The van der Waals surface area contributed by atoms with E-state index in [1.54, 1.807) is 24.3 Å². The number of ether oxygens (including phenoxy) is 1. The summed E-state index contributed by atoms with van der Waals surface area (Å²) in [5.74, 6) is -1.13. The van der Waals surface area contributed by atoms with Gasteiger partial charge >= 0.3 is 11.9 Å². The molecule has 1 aliphatic heterocycles. The number of esters is 2. The monoisotopic (exact) mass is 406 g/mol. The summed E-state index contributed by atoms with van der Waals surface area (Å²) in [6.07, 6.45) is 0. The van der Waals surface area contributed by atoms with Crippen molar-refractivity contribution in [2.45, 2.75) is 0 Å². The van der Waals surface area contributed by atoms with Crippen LogP contribution < -0.4 is 0 Å². The van der Waals surface area contributed by atoms with Crippen LogP contribution >= 0.6 is 0 Å². The molecule has 76 valence electrons. The number of hydrogen-bond acceptors (Lipinski definition) is 3. The summed E-state index contributed by atoms with van der Waals surface area (Å²) in [6.45, 7) is 0. The molecular formula is C12H6O3Pb. The van der Waals surface area contributed by atoms with Crippen LogP contribution in [-0.2, 0) is 4.74 Å². The first-order valence-corrected chi connectivity index (χ1v) is 4.55. The van der Waals surface area contributed by atoms with Crippen molar-refractivity contribution < 1.29 is 14.3 Å². The maximum Gasteiger partial charge on any atom is 0.346 e. The zero-order valence-corrected chi connectivity index (χ0v) is 12.1. The molecule has 4 heteroatoms. The number of cyclic esters (lactones) is 2. The molecule has 0 bridgehead atoms. The van der Waals surface area contributed by atoms with Crippen molar-refractivity contribution in [1.82, 2.24) is 0 Å². The van der Waals surface area contributed by atoms with Crippen molar-refractivity contribution in [2.75, 3.05) is 0 Å². The average molecular weight is 405 g/mol. The molecule has 1 heterocycles. The summed E-state index contributed by atoms with van der Waals surface area (Å²) in [5.41, 5.74) is 0.922. The van der Waals surface area contributed by atoms with Gasteiger partial charge in [-0.3, -0.25) is 0 Å². The van der Waals surface area contributed by atoms with E-state index < -0.39 is 11.9 Å². The number of benzene rings is 2. The molecule has 0 aromatic heterocycles. The van der Waals surface area contributed by atoms with Gasteiger partial charge < -0.3 is 4.74 Å². The summed E-state index contributed by atoms with van der Waals surface area (Å²) in [6, 6.07) is 10.6. The van der Waals surface area contributed by atoms with Gasteiger partial charge in [0.1, 0.15) is 0 Å². The third kappa shape index (κ3) is 1.46. The topological polar surface area (TPSA) is 43.4 Å². The van der Waals surface area contributed by atoms with Gasteiger partial charge in [-0.1, -0.05) is 24.3 Å². The Balaban J connectivity index is 0.000000963. The quantitative estimate of drug-likeness (QED) is 0.381. The molecule has 2 aromatic carbocycles. The second-order valence-corrected chi connectivity index (χ2v) is 3.39. The minimum absolute atomic E-state index is 0. The van der Waals surface area contributed by atoms with Crippen molar-refractivity contribution in [3.63, 3.8) is 0 Å². The average Bonchev–Trinajstić information content (AvgIpc) is 2.25. The van der Waals surface area contributed by atoms with Crippen LogP contribution in [0.1, 0.15) is 20.7 Å². The SMILES string of the molecule is O=C1OC(=O)c2cccc3cccc1c23.[Pb]. The van der Waals surface area contributed by atoms with Crippen LogP contribution in [0.5, 0.6) is 0 Å². The Labute approximate surface area is 112 Å². The predicted octanol–water partition coefficient (Wildman–Crippen LogP) is 1.77. The largest absolute Gasteiger partial charge is 0.386 e. The number of carbonyl (C=O) groups is 2. The molecule has 1 aliphatic rings. The summed E-state index contributed by atoms with van der Waals surface area (Å²) in [5, 5.41) is 1.58.